The van der Waals surface area contributed by atoms with Crippen molar-refractivity contribution in [3.8, 4) is 0 Å². The van der Waals surface area contributed by atoms with E-state index in [2.05, 4.69) is 5.32 Å². The number of nitrogens with zero attached hydrogens (tertiary/aromatic N) is 2. The van der Waals surface area contributed by atoms with Crippen LogP contribution in [-0.4, -0.2) is 48.2 Å². The van der Waals surface area contributed by atoms with Gasteiger partial charge in [0, 0.05) is 24.2 Å². The summed E-state index contributed by atoms with van der Waals surface area (Å²) in [4.78, 5) is 35.0. The van der Waals surface area contributed by atoms with E-state index in [1.54, 1.807) is 11.9 Å². The van der Waals surface area contributed by atoms with Crippen LogP contribution >= 0.6 is 0 Å². The molecule has 0 aliphatic rings. The fourth-order valence-electron chi connectivity index (χ4n) is 1.68. The Morgan fingerprint density at radius 3 is 2.65 bits per heavy atom. The third kappa shape index (κ3) is 4.77. The Morgan fingerprint density at radius 1 is 1.35 bits per heavy atom. The molecule has 7 heteroatoms. The number of nitro benzene ring substituents is 1. The van der Waals surface area contributed by atoms with Crippen molar-refractivity contribution in [2.24, 2.45) is 0 Å². The van der Waals surface area contributed by atoms with Crippen molar-refractivity contribution in [3.63, 3.8) is 0 Å². The average molecular weight is 279 g/mol. The number of nitrogens with one attached hydrogen (secondary N) is 1. The first-order valence-corrected chi connectivity index (χ1v) is 6.17. The highest BCUT2D eigenvalue weighted by Crippen LogP contribution is 2.13. The minimum absolute atomic E-state index is 0.0261. The number of nitro groups is 1. The summed E-state index contributed by atoms with van der Waals surface area (Å²) in [6, 6.07) is 5.56. The van der Waals surface area contributed by atoms with Crippen molar-refractivity contribution in [2.75, 3.05) is 26.7 Å². The van der Waals surface area contributed by atoms with Crippen LogP contribution in [0.25, 0.3) is 0 Å². The van der Waals surface area contributed by atoms with Crippen molar-refractivity contribution >= 4 is 17.4 Å². The molecule has 0 bridgehead atoms. The van der Waals surface area contributed by atoms with Gasteiger partial charge < -0.3 is 5.32 Å². The minimum atomic E-state index is -0.546. The number of hydrogen-bond donors (Lipinski definition) is 1. The van der Waals surface area contributed by atoms with Gasteiger partial charge in [-0.25, -0.2) is 0 Å². The second kappa shape index (κ2) is 7.34. The van der Waals surface area contributed by atoms with Gasteiger partial charge in [-0.05, 0) is 14.0 Å². The molecule has 0 spiro atoms. The standard InChI is InChI=1S/C13H17N3O4/c1-3-14-13(18)9-15(2)8-12(17)10-5-4-6-11(7-10)16(19)20/h4-7H,3,8-9H2,1-2H3,(H,14,18). The third-order valence-electron chi connectivity index (χ3n) is 2.58. The summed E-state index contributed by atoms with van der Waals surface area (Å²) < 4.78 is 0. The van der Waals surface area contributed by atoms with E-state index >= 15 is 0 Å². The maximum Gasteiger partial charge on any atom is 0.270 e. The van der Waals surface area contributed by atoms with E-state index in [9.17, 15) is 19.7 Å². The van der Waals surface area contributed by atoms with Gasteiger partial charge >= 0.3 is 0 Å². The maximum absolute atomic E-state index is 12.0. The SMILES string of the molecule is CCNC(=O)CN(C)CC(=O)c1cccc([N+](=O)[O-])c1. The summed E-state index contributed by atoms with van der Waals surface area (Å²) in [5, 5.41) is 13.3. The number of non-ortho nitro benzene ring substituents is 1. The lowest BCUT2D eigenvalue weighted by Gasteiger charge is -2.14. The summed E-state index contributed by atoms with van der Waals surface area (Å²) in [5.74, 6) is -0.428. The van der Waals surface area contributed by atoms with E-state index in [0.717, 1.165) is 0 Å². The largest absolute Gasteiger partial charge is 0.355 e. The molecule has 1 amide bonds. The summed E-state index contributed by atoms with van der Waals surface area (Å²) in [7, 11) is 1.64. The molecule has 108 valence electrons. The normalized spacial score (nSPS) is 10.3. The molecule has 20 heavy (non-hydrogen) atoms. The number of benzene rings is 1. The van der Waals surface area contributed by atoms with E-state index in [1.165, 1.54) is 24.3 Å². The van der Waals surface area contributed by atoms with Gasteiger partial charge in [-0.1, -0.05) is 12.1 Å². The second-order valence-corrected chi connectivity index (χ2v) is 4.36. The topological polar surface area (TPSA) is 92.6 Å². The molecular weight excluding hydrogens is 262 g/mol. The van der Waals surface area contributed by atoms with Crippen LogP contribution in [0.2, 0.25) is 0 Å². The van der Waals surface area contributed by atoms with E-state index in [4.69, 9.17) is 0 Å². The lowest BCUT2D eigenvalue weighted by atomic mass is 10.1. The molecule has 1 aromatic carbocycles. The molecule has 0 aromatic heterocycles. The van der Waals surface area contributed by atoms with Gasteiger partial charge in [0.05, 0.1) is 18.0 Å². The minimum Gasteiger partial charge on any atom is -0.355 e. The number of rotatable bonds is 7. The van der Waals surface area contributed by atoms with Crippen LogP contribution in [0.15, 0.2) is 24.3 Å². The average Bonchev–Trinajstić information content (AvgIpc) is 2.38. The van der Waals surface area contributed by atoms with Gasteiger partial charge in [0.15, 0.2) is 5.78 Å². The second-order valence-electron chi connectivity index (χ2n) is 4.36. The predicted octanol–water partition coefficient (Wildman–Crippen LogP) is 0.845. The van der Waals surface area contributed by atoms with Gasteiger partial charge in [-0.3, -0.25) is 24.6 Å². The summed E-state index contributed by atoms with van der Waals surface area (Å²) >= 11 is 0. The Labute approximate surface area is 116 Å². The fraction of sp³-hybridized carbons (Fsp3) is 0.385. The molecule has 0 saturated heterocycles. The quantitative estimate of drug-likeness (QED) is 0.453. The van der Waals surface area contributed by atoms with Gasteiger partial charge in [-0.2, -0.15) is 0 Å². The number of likely N-dealkylation sites (N-methyl/N-ethyl adjacent to an activating group) is 2. The molecule has 7 nitrogen and oxygen atoms in total. The molecule has 0 saturated carbocycles. The zero-order valence-corrected chi connectivity index (χ0v) is 11.5. The number of Topliss-reactive ketones (excluding diaryl/α,β-unsaturated/α-hetero) is 1. The molecule has 0 atom stereocenters. The Balaban J connectivity index is 2.64. The molecule has 0 aliphatic carbocycles. The number of ketones is 1. The van der Waals surface area contributed by atoms with Crippen molar-refractivity contribution in [2.45, 2.75) is 6.92 Å². The third-order valence-corrected chi connectivity index (χ3v) is 2.58. The van der Waals surface area contributed by atoms with Crippen LogP contribution in [-0.2, 0) is 4.79 Å². The Morgan fingerprint density at radius 2 is 2.05 bits per heavy atom. The van der Waals surface area contributed by atoms with Crippen LogP contribution in [0, 0.1) is 10.1 Å². The molecular formula is C13H17N3O4. The van der Waals surface area contributed by atoms with Gasteiger partial charge in [0.1, 0.15) is 0 Å². The van der Waals surface area contributed by atoms with Crippen molar-refractivity contribution in [3.05, 3.63) is 39.9 Å². The molecule has 0 aliphatic heterocycles. The first-order chi connectivity index (χ1) is 9.43. The zero-order chi connectivity index (χ0) is 15.1. The number of amides is 1. The lowest BCUT2D eigenvalue weighted by molar-refractivity contribution is -0.384. The summed E-state index contributed by atoms with van der Waals surface area (Å²) in [6.07, 6.45) is 0. The molecule has 1 aromatic rings. The van der Waals surface area contributed by atoms with Crippen molar-refractivity contribution in [1.82, 2.24) is 10.2 Å². The Hall–Kier alpha value is -2.28. The van der Waals surface area contributed by atoms with Crippen LogP contribution in [0.4, 0.5) is 5.69 Å². The van der Waals surface area contributed by atoms with Crippen LogP contribution in [0.1, 0.15) is 17.3 Å². The number of carbonyl (C=O) groups is 2. The van der Waals surface area contributed by atoms with Gasteiger partial charge in [0.25, 0.3) is 5.69 Å². The number of hydrogen-bond acceptors (Lipinski definition) is 5. The fourth-order valence-corrected chi connectivity index (χ4v) is 1.68. The van der Waals surface area contributed by atoms with E-state index in [-0.39, 0.29) is 36.0 Å². The van der Waals surface area contributed by atoms with Gasteiger partial charge in [0.2, 0.25) is 5.91 Å². The molecule has 0 radical (unpaired) electrons. The van der Waals surface area contributed by atoms with E-state index in [0.29, 0.717) is 6.54 Å². The lowest BCUT2D eigenvalue weighted by Crippen LogP contribution is -2.37. The number of carbonyl (C=O) groups excluding carboxylic acids is 2. The van der Waals surface area contributed by atoms with Crippen LogP contribution in [0.3, 0.4) is 0 Å². The summed E-state index contributed by atoms with van der Waals surface area (Å²) in [6.45, 7) is 2.48. The highest BCUT2D eigenvalue weighted by Gasteiger charge is 2.14. The molecule has 0 heterocycles. The van der Waals surface area contributed by atoms with Crippen molar-refractivity contribution < 1.29 is 14.5 Å². The van der Waals surface area contributed by atoms with Crippen LogP contribution in [0.5, 0.6) is 0 Å². The molecule has 1 N–H and O–H groups in total. The Kier molecular flexibility index (Phi) is 5.79. The zero-order valence-electron chi connectivity index (χ0n) is 11.5. The van der Waals surface area contributed by atoms with Crippen molar-refractivity contribution in [1.29, 1.82) is 0 Å². The molecule has 0 fully saturated rings. The predicted molar refractivity (Wildman–Crippen MR) is 73.6 cm³/mol. The van der Waals surface area contributed by atoms with Gasteiger partial charge in [-0.15, -0.1) is 0 Å². The first kappa shape index (κ1) is 15.8. The molecule has 1 rings (SSSR count). The van der Waals surface area contributed by atoms with Crippen LogP contribution < -0.4 is 5.32 Å². The maximum atomic E-state index is 12.0. The Bertz CT molecular complexity index is 516. The van der Waals surface area contributed by atoms with E-state index in [1.807, 2.05) is 6.92 Å². The highest BCUT2D eigenvalue weighted by molar-refractivity contribution is 5.98. The summed E-state index contributed by atoms with van der Waals surface area (Å²) in [5.41, 5.74) is 0.143. The highest BCUT2D eigenvalue weighted by atomic mass is 16.6. The first-order valence-electron chi connectivity index (χ1n) is 6.17. The molecule has 0 unspecified atom stereocenters. The van der Waals surface area contributed by atoms with E-state index < -0.39 is 4.92 Å². The monoisotopic (exact) mass is 279 g/mol. The smallest absolute Gasteiger partial charge is 0.270 e.